The van der Waals surface area contributed by atoms with Crippen LogP contribution in [-0.2, 0) is 9.59 Å². The van der Waals surface area contributed by atoms with Crippen LogP contribution in [0.1, 0.15) is 24.1 Å². The summed E-state index contributed by atoms with van der Waals surface area (Å²) in [6, 6.07) is 17.1. The Morgan fingerprint density at radius 2 is 1.81 bits per heavy atom. The number of hydrogen-bond acceptors (Lipinski definition) is 5. The van der Waals surface area contributed by atoms with Crippen molar-refractivity contribution in [2.24, 2.45) is 0 Å². The molecule has 0 saturated carbocycles. The lowest BCUT2D eigenvalue weighted by Crippen LogP contribution is -2.31. The Labute approximate surface area is 217 Å². The first kappa shape index (κ1) is 24.0. The van der Waals surface area contributed by atoms with Crippen LogP contribution in [0.5, 0.6) is 0 Å². The van der Waals surface area contributed by atoms with Gasteiger partial charge in [-0.25, -0.2) is 4.39 Å². The Hall–Kier alpha value is -3.69. The number of fused-ring (bicyclic) bond motifs is 3. The number of rotatable bonds is 6. The summed E-state index contributed by atoms with van der Waals surface area (Å²) in [5.41, 5.74) is 5.26. The van der Waals surface area contributed by atoms with Gasteiger partial charge < -0.3 is 20.5 Å². The van der Waals surface area contributed by atoms with Gasteiger partial charge in [0.2, 0.25) is 5.91 Å². The SMILES string of the molecule is CC1=C(C(=O)Nc2ccccc2C)C2C(=C(SCC(=O)Nc3ccc(F)cc3)N1)C(=S)n1cccc12. The molecule has 2 aromatic carbocycles. The molecular weight excluding hydrogens is 495 g/mol. The number of para-hydroxylation sites is 1. The largest absolute Gasteiger partial charge is 0.353 e. The number of nitrogens with zero attached hydrogens (tertiary/aromatic N) is 1. The predicted molar refractivity (Wildman–Crippen MR) is 145 cm³/mol. The number of thioether (sulfide) groups is 1. The van der Waals surface area contributed by atoms with E-state index in [9.17, 15) is 14.0 Å². The van der Waals surface area contributed by atoms with E-state index in [0.717, 1.165) is 27.5 Å². The molecule has 2 amide bonds. The summed E-state index contributed by atoms with van der Waals surface area (Å²) in [4.78, 5) is 26.7. The Kier molecular flexibility index (Phi) is 6.51. The van der Waals surface area contributed by atoms with Crippen molar-refractivity contribution in [1.82, 2.24) is 9.88 Å². The normalized spacial score (nSPS) is 16.4. The van der Waals surface area contributed by atoms with Crippen LogP contribution >= 0.6 is 24.0 Å². The van der Waals surface area contributed by atoms with Crippen molar-refractivity contribution >= 4 is 52.2 Å². The summed E-state index contributed by atoms with van der Waals surface area (Å²) in [6.45, 7) is 3.81. The van der Waals surface area contributed by atoms with E-state index in [1.54, 1.807) is 0 Å². The van der Waals surface area contributed by atoms with E-state index in [4.69, 9.17) is 12.2 Å². The van der Waals surface area contributed by atoms with Gasteiger partial charge in [0.05, 0.1) is 16.7 Å². The fourth-order valence-electron chi connectivity index (χ4n) is 4.44. The molecule has 3 aromatic rings. The third-order valence-corrected chi connectivity index (χ3v) is 7.60. The molecule has 0 saturated heterocycles. The van der Waals surface area contributed by atoms with Gasteiger partial charge >= 0.3 is 0 Å². The molecule has 1 unspecified atom stereocenters. The number of aryl methyl sites for hydroxylation is 1. The van der Waals surface area contributed by atoms with E-state index in [1.807, 2.05) is 61.0 Å². The molecule has 3 heterocycles. The number of carbonyl (C=O) groups excluding carboxylic acids is 2. The number of amides is 2. The summed E-state index contributed by atoms with van der Waals surface area (Å²) < 4.78 is 15.1. The van der Waals surface area contributed by atoms with Crippen LogP contribution in [0.2, 0.25) is 0 Å². The minimum absolute atomic E-state index is 0.117. The summed E-state index contributed by atoms with van der Waals surface area (Å²) in [5, 5.41) is 9.89. The van der Waals surface area contributed by atoms with Crippen molar-refractivity contribution in [2.45, 2.75) is 19.8 Å². The zero-order valence-electron chi connectivity index (χ0n) is 19.6. The molecule has 9 heteroatoms. The van der Waals surface area contributed by atoms with E-state index in [1.165, 1.54) is 36.0 Å². The van der Waals surface area contributed by atoms with Crippen molar-refractivity contribution in [3.63, 3.8) is 0 Å². The van der Waals surface area contributed by atoms with Gasteiger partial charge in [0.15, 0.2) is 0 Å². The number of allylic oxidation sites excluding steroid dienone is 2. The zero-order chi connectivity index (χ0) is 25.4. The lowest BCUT2D eigenvalue weighted by atomic mass is 9.86. The predicted octanol–water partition coefficient (Wildman–Crippen LogP) is 5.31. The topological polar surface area (TPSA) is 75.2 Å². The number of carbonyl (C=O) groups is 2. The number of halogens is 1. The first-order valence-electron chi connectivity index (χ1n) is 11.3. The highest BCUT2D eigenvalue weighted by Crippen LogP contribution is 2.46. The monoisotopic (exact) mass is 518 g/mol. The summed E-state index contributed by atoms with van der Waals surface area (Å²) in [5.74, 6) is -1.03. The minimum atomic E-state index is -0.366. The molecule has 182 valence electrons. The average molecular weight is 519 g/mol. The highest BCUT2D eigenvalue weighted by atomic mass is 32.2. The smallest absolute Gasteiger partial charge is 0.254 e. The van der Waals surface area contributed by atoms with Crippen LogP contribution < -0.4 is 16.0 Å². The van der Waals surface area contributed by atoms with Gasteiger partial charge in [-0.3, -0.25) is 9.59 Å². The van der Waals surface area contributed by atoms with Gasteiger partial charge in [-0.1, -0.05) is 42.2 Å². The molecule has 0 bridgehead atoms. The molecule has 5 rings (SSSR count). The van der Waals surface area contributed by atoms with E-state index in [2.05, 4.69) is 16.0 Å². The standard InChI is InChI=1S/C27H23FN4O2S2/c1-15-6-3-4-7-19(15)31-25(34)22-16(2)29-26(24-23(22)20-8-5-13-32(20)27(24)35)36-14-21(33)30-18-11-9-17(28)10-12-18/h3-13,23,29H,14H2,1-2H3,(H,30,33)(H,31,34). The number of nitrogens with one attached hydrogen (secondary N) is 3. The highest BCUT2D eigenvalue weighted by Gasteiger charge is 2.42. The van der Waals surface area contributed by atoms with Gasteiger partial charge in [-0.15, -0.1) is 0 Å². The third kappa shape index (κ3) is 4.47. The second kappa shape index (κ2) is 9.75. The molecule has 3 N–H and O–H groups in total. The van der Waals surface area contributed by atoms with Crippen LogP contribution in [0.15, 0.2) is 88.7 Å². The summed E-state index contributed by atoms with van der Waals surface area (Å²) >= 11 is 7.11. The average Bonchev–Trinajstić information content (AvgIpc) is 3.43. The number of anilines is 2. The molecule has 2 aliphatic heterocycles. The number of dihydropyridines is 1. The van der Waals surface area contributed by atoms with Gasteiger partial charge in [0.1, 0.15) is 10.8 Å². The molecule has 0 aliphatic carbocycles. The minimum Gasteiger partial charge on any atom is -0.353 e. The maximum Gasteiger partial charge on any atom is 0.254 e. The number of benzene rings is 2. The lowest BCUT2D eigenvalue weighted by molar-refractivity contribution is -0.114. The Morgan fingerprint density at radius 3 is 2.56 bits per heavy atom. The first-order chi connectivity index (χ1) is 17.3. The van der Waals surface area contributed by atoms with E-state index < -0.39 is 0 Å². The maximum atomic E-state index is 13.5. The number of hydrogen-bond donors (Lipinski definition) is 3. The summed E-state index contributed by atoms with van der Waals surface area (Å²) in [7, 11) is 0. The molecule has 1 atom stereocenters. The van der Waals surface area contributed by atoms with Gasteiger partial charge in [-0.2, -0.15) is 0 Å². The molecule has 6 nitrogen and oxygen atoms in total. The van der Waals surface area contributed by atoms with Crippen molar-refractivity contribution < 1.29 is 14.0 Å². The van der Waals surface area contributed by atoms with E-state index in [-0.39, 0.29) is 29.3 Å². The van der Waals surface area contributed by atoms with Gasteiger partial charge in [0, 0.05) is 40.1 Å². The van der Waals surface area contributed by atoms with Crippen LogP contribution in [0.25, 0.3) is 0 Å². The third-order valence-electron chi connectivity index (χ3n) is 6.17. The van der Waals surface area contributed by atoms with E-state index in [0.29, 0.717) is 21.9 Å². The van der Waals surface area contributed by atoms with Crippen molar-refractivity contribution in [1.29, 1.82) is 0 Å². The molecule has 2 aliphatic rings. The van der Waals surface area contributed by atoms with Crippen LogP contribution in [-0.4, -0.2) is 27.1 Å². The van der Waals surface area contributed by atoms with Gasteiger partial charge in [0.25, 0.3) is 5.91 Å². The Bertz CT molecular complexity index is 1460. The Balaban J connectivity index is 1.40. The molecule has 0 radical (unpaired) electrons. The highest BCUT2D eigenvalue weighted by molar-refractivity contribution is 8.03. The molecule has 36 heavy (non-hydrogen) atoms. The second-order valence-electron chi connectivity index (χ2n) is 8.56. The maximum absolute atomic E-state index is 13.5. The fraction of sp³-hybridized carbons (Fsp3) is 0.148. The van der Waals surface area contributed by atoms with Crippen molar-refractivity contribution in [3.8, 4) is 0 Å². The summed E-state index contributed by atoms with van der Waals surface area (Å²) in [6.07, 6.45) is 1.89. The lowest BCUT2D eigenvalue weighted by Gasteiger charge is -2.28. The zero-order valence-corrected chi connectivity index (χ0v) is 21.2. The van der Waals surface area contributed by atoms with Gasteiger partial charge in [-0.05, 0) is 61.9 Å². The van der Waals surface area contributed by atoms with Crippen molar-refractivity contribution in [3.05, 3.63) is 106 Å². The Morgan fingerprint density at radius 1 is 1.06 bits per heavy atom. The molecular formula is C27H23FN4O2S2. The molecule has 0 fully saturated rings. The quantitative estimate of drug-likeness (QED) is 0.386. The van der Waals surface area contributed by atoms with Crippen LogP contribution in [0, 0.1) is 12.7 Å². The number of thiocarbonyl (C=S) groups is 1. The van der Waals surface area contributed by atoms with Crippen molar-refractivity contribution in [2.75, 3.05) is 16.4 Å². The molecule has 0 spiro atoms. The fourth-order valence-corrected chi connectivity index (χ4v) is 5.84. The first-order valence-corrected chi connectivity index (χ1v) is 12.7. The number of aromatic nitrogens is 1. The van der Waals surface area contributed by atoms with Crippen LogP contribution in [0.4, 0.5) is 15.8 Å². The van der Waals surface area contributed by atoms with E-state index >= 15 is 0 Å². The molecule has 1 aromatic heterocycles. The van der Waals surface area contributed by atoms with Crippen LogP contribution in [0.3, 0.4) is 0 Å². The second-order valence-corrected chi connectivity index (χ2v) is 9.93.